The predicted molar refractivity (Wildman–Crippen MR) is 78.0 cm³/mol. The second-order valence-electron chi connectivity index (χ2n) is 5.59. The number of ether oxygens (including phenoxy) is 1. The lowest BCUT2D eigenvalue weighted by molar-refractivity contribution is 0.0907. The molecule has 2 N–H and O–H groups in total. The minimum Gasteiger partial charge on any atom is -0.496 e. The Bertz CT molecular complexity index is 465. The molecule has 2 rings (SSSR count). The van der Waals surface area contributed by atoms with Crippen molar-refractivity contribution in [3.8, 4) is 5.75 Å². The molecule has 4 heteroatoms. The first-order valence-corrected chi connectivity index (χ1v) is 7.21. The number of carbonyl (C=O) groups excluding carboxylic acids is 1. The Labute approximate surface area is 120 Å². The van der Waals surface area contributed by atoms with Crippen LogP contribution in [0, 0.1) is 12.8 Å². The van der Waals surface area contributed by atoms with E-state index in [4.69, 9.17) is 4.74 Å². The predicted octanol–water partition coefficient (Wildman–Crippen LogP) is 2.28. The van der Waals surface area contributed by atoms with Crippen LogP contribution in [0.3, 0.4) is 0 Å². The molecule has 0 saturated heterocycles. The molecule has 1 aliphatic rings. The van der Waals surface area contributed by atoms with Crippen LogP contribution in [0.25, 0.3) is 0 Å². The Morgan fingerprint density at radius 3 is 2.70 bits per heavy atom. The third-order valence-electron chi connectivity index (χ3n) is 3.97. The maximum atomic E-state index is 12.2. The fraction of sp³-hybridized carbons (Fsp3) is 0.562. The number of aliphatic hydroxyl groups is 1. The van der Waals surface area contributed by atoms with Gasteiger partial charge in [-0.3, -0.25) is 4.79 Å². The van der Waals surface area contributed by atoms with E-state index >= 15 is 0 Å². The summed E-state index contributed by atoms with van der Waals surface area (Å²) < 4.78 is 5.23. The molecule has 4 nitrogen and oxygen atoms in total. The largest absolute Gasteiger partial charge is 0.496 e. The van der Waals surface area contributed by atoms with Gasteiger partial charge in [0.05, 0.1) is 18.8 Å². The van der Waals surface area contributed by atoms with Gasteiger partial charge in [-0.15, -0.1) is 0 Å². The van der Waals surface area contributed by atoms with Crippen LogP contribution < -0.4 is 10.1 Å². The topological polar surface area (TPSA) is 58.6 Å². The summed E-state index contributed by atoms with van der Waals surface area (Å²) in [5.74, 6) is 0.988. The maximum Gasteiger partial charge on any atom is 0.255 e. The number of rotatable bonds is 4. The lowest BCUT2D eigenvalue weighted by atomic mass is 9.87. The zero-order valence-corrected chi connectivity index (χ0v) is 12.2. The molecule has 0 bridgehead atoms. The van der Waals surface area contributed by atoms with E-state index in [0.717, 1.165) is 31.2 Å². The molecule has 1 aromatic carbocycles. The van der Waals surface area contributed by atoms with Crippen LogP contribution in [0.15, 0.2) is 18.2 Å². The van der Waals surface area contributed by atoms with Crippen molar-refractivity contribution < 1.29 is 14.6 Å². The normalized spacial score (nSPS) is 22.4. The van der Waals surface area contributed by atoms with Crippen molar-refractivity contribution in [1.29, 1.82) is 0 Å². The van der Waals surface area contributed by atoms with E-state index in [2.05, 4.69) is 5.32 Å². The van der Waals surface area contributed by atoms with E-state index in [-0.39, 0.29) is 12.0 Å². The van der Waals surface area contributed by atoms with E-state index in [9.17, 15) is 9.90 Å². The molecular formula is C16H23NO3. The van der Waals surface area contributed by atoms with Gasteiger partial charge in [0.2, 0.25) is 0 Å². The summed E-state index contributed by atoms with van der Waals surface area (Å²) in [6.45, 7) is 2.63. The number of nitrogens with one attached hydrogen (secondary N) is 1. The lowest BCUT2D eigenvalue weighted by Gasteiger charge is -2.25. The van der Waals surface area contributed by atoms with Crippen molar-refractivity contribution in [2.75, 3.05) is 13.7 Å². The standard InChI is InChI=1S/C16H23NO3/c1-11-3-8-15(20-2)14(9-11)16(19)17-10-12-4-6-13(18)7-5-12/h3,8-9,12-13,18H,4-7,10H2,1-2H3,(H,17,19). The quantitative estimate of drug-likeness (QED) is 0.887. The van der Waals surface area contributed by atoms with E-state index in [1.807, 2.05) is 25.1 Å². The van der Waals surface area contributed by atoms with Crippen LogP contribution in [0.1, 0.15) is 41.6 Å². The molecule has 20 heavy (non-hydrogen) atoms. The first kappa shape index (κ1) is 14.9. The molecule has 0 spiro atoms. The molecule has 1 aliphatic carbocycles. The molecule has 0 aliphatic heterocycles. The molecule has 0 radical (unpaired) electrons. The van der Waals surface area contributed by atoms with Gasteiger partial charge in [0.1, 0.15) is 5.75 Å². The third-order valence-corrected chi connectivity index (χ3v) is 3.97. The zero-order valence-electron chi connectivity index (χ0n) is 12.2. The number of aryl methyl sites for hydroxylation is 1. The number of carbonyl (C=O) groups is 1. The highest BCUT2D eigenvalue weighted by atomic mass is 16.5. The van der Waals surface area contributed by atoms with E-state index < -0.39 is 0 Å². The lowest BCUT2D eigenvalue weighted by Crippen LogP contribution is -2.32. The Balaban J connectivity index is 1.93. The summed E-state index contributed by atoms with van der Waals surface area (Å²) in [5.41, 5.74) is 1.63. The van der Waals surface area contributed by atoms with Gasteiger partial charge in [0.25, 0.3) is 5.91 Å². The van der Waals surface area contributed by atoms with Gasteiger partial charge in [-0.1, -0.05) is 11.6 Å². The molecular weight excluding hydrogens is 254 g/mol. The van der Waals surface area contributed by atoms with E-state index in [0.29, 0.717) is 23.8 Å². The fourth-order valence-electron chi connectivity index (χ4n) is 2.68. The van der Waals surface area contributed by atoms with Crippen LogP contribution in [-0.4, -0.2) is 30.8 Å². The second-order valence-corrected chi connectivity index (χ2v) is 5.59. The monoisotopic (exact) mass is 277 g/mol. The van der Waals surface area contributed by atoms with Gasteiger partial charge in [-0.05, 0) is 50.7 Å². The van der Waals surface area contributed by atoms with Crippen molar-refractivity contribution in [2.24, 2.45) is 5.92 Å². The molecule has 1 saturated carbocycles. The highest BCUT2D eigenvalue weighted by molar-refractivity contribution is 5.97. The minimum absolute atomic E-state index is 0.0864. The van der Waals surface area contributed by atoms with Crippen molar-refractivity contribution in [3.05, 3.63) is 29.3 Å². The van der Waals surface area contributed by atoms with Crippen LogP contribution in [0.5, 0.6) is 5.75 Å². The number of hydrogen-bond acceptors (Lipinski definition) is 3. The van der Waals surface area contributed by atoms with Gasteiger partial charge in [0.15, 0.2) is 0 Å². The SMILES string of the molecule is COc1ccc(C)cc1C(=O)NCC1CCC(O)CC1. The van der Waals surface area contributed by atoms with Gasteiger partial charge in [-0.25, -0.2) is 0 Å². The summed E-state index contributed by atoms with van der Waals surface area (Å²) in [7, 11) is 1.57. The van der Waals surface area contributed by atoms with Gasteiger partial charge in [0, 0.05) is 6.54 Å². The van der Waals surface area contributed by atoms with Crippen molar-refractivity contribution >= 4 is 5.91 Å². The molecule has 0 aromatic heterocycles. The molecule has 110 valence electrons. The highest BCUT2D eigenvalue weighted by Gasteiger charge is 2.20. The number of aliphatic hydroxyl groups excluding tert-OH is 1. The average Bonchev–Trinajstić information content (AvgIpc) is 2.46. The smallest absolute Gasteiger partial charge is 0.255 e. The molecule has 1 aromatic rings. The first-order chi connectivity index (χ1) is 9.60. The molecule has 0 heterocycles. The van der Waals surface area contributed by atoms with Crippen molar-refractivity contribution in [1.82, 2.24) is 5.32 Å². The Kier molecular flexibility index (Phi) is 5.01. The maximum absolute atomic E-state index is 12.2. The highest BCUT2D eigenvalue weighted by Crippen LogP contribution is 2.24. The van der Waals surface area contributed by atoms with E-state index in [1.54, 1.807) is 7.11 Å². The number of benzene rings is 1. The first-order valence-electron chi connectivity index (χ1n) is 7.21. The molecule has 0 unspecified atom stereocenters. The van der Waals surface area contributed by atoms with Crippen LogP contribution in [-0.2, 0) is 0 Å². The summed E-state index contributed by atoms with van der Waals surface area (Å²) >= 11 is 0. The van der Waals surface area contributed by atoms with E-state index in [1.165, 1.54) is 0 Å². The Morgan fingerprint density at radius 2 is 2.05 bits per heavy atom. The summed E-state index contributed by atoms with van der Waals surface area (Å²) in [5, 5.41) is 12.5. The summed E-state index contributed by atoms with van der Waals surface area (Å²) in [4.78, 5) is 12.2. The van der Waals surface area contributed by atoms with Gasteiger partial charge < -0.3 is 15.2 Å². The fourth-order valence-corrected chi connectivity index (χ4v) is 2.68. The van der Waals surface area contributed by atoms with Crippen LogP contribution in [0.4, 0.5) is 0 Å². The minimum atomic E-state index is -0.154. The van der Waals surface area contributed by atoms with Crippen molar-refractivity contribution in [2.45, 2.75) is 38.7 Å². The number of methoxy groups -OCH3 is 1. The molecule has 1 fully saturated rings. The molecule has 0 atom stereocenters. The molecule has 1 amide bonds. The van der Waals surface area contributed by atoms with Gasteiger partial charge in [-0.2, -0.15) is 0 Å². The Morgan fingerprint density at radius 1 is 1.35 bits per heavy atom. The summed E-state index contributed by atoms with van der Waals surface area (Å²) in [6, 6.07) is 5.60. The average molecular weight is 277 g/mol. The van der Waals surface area contributed by atoms with Crippen LogP contribution in [0.2, 0.25) is 0 Å². The second kappa shape index (κ2) is 6.75. The van der Waals surface area contributed by atoms with Gasteiger partial charge >= 0.3 is 0 Å². The Hall–Kier alpha value is -1.55. The summed E-state index contributed by atoms with van der Waals surface area (Å²) in [6.07, 6.45) is 3.49. The zero-order chi connectivity index (χ0) is 14.5. The number of amides is 1. The number of hydrogen-bond donors (Lipinski definition) is 2. The third kappa shape index (κ3) is 3.73. The van der Waals surface area contributed by atoms with Crippen LogP contribution >= 0.6 is 0 Å². The van der Waals surface area contributed by atoms with Crippen molar-refractivity contribution in [3.63, 3.8) is 0 Å².